The van der Waals surface area contributed by atoms with Crippen molar-refractivity contribution < 1.29 is 4.79 Å². The summed E-state index contributed by atoms with van der Waals surface area (Å²) in [6, 6.07) is 0.474. The van der Waals surface area contributed by atoms with Crippen LogP contribution in [-0.4, -0.2) is 11.9 Å². The molecule has 2 fully saturated rings. The van der Waals surface area contributed by atoms with E-state index in [0.29, 0.717) is 12.5 Å². The molecule has 0 atom stereocenters. The zero-order valence-electron chi connectivity index (χ0n) is 12.6. The second-order valence-electron chi connectivity index (χ2n) is 6.77. The van der Waals surface area contributed by atoms with E-state index in [-0.39, 0.29) is 5.91 Å². The first-order valence-electron chi connectivity index (χ1n) is 8.57. The van der Waals surface area contributed by atoms with Crippen LogP contribution in [0.4, 0.5) is 0 Å². The standard InChI is InChI=1S/C17H31NO/c1-2-6-17(19)18-16-11-9-15(10-12-16)13-14-7-4-3-5-8-14/h14-16H,2-13H2,1H3,(H,18,19). The van der Waals surface area contributed by atoms with Gasteiger partial charge in [-0.25, -0.2) is 0 Å². The fourth-order valence-corrected chi connectivity index (χ4v) is 3.96. The van der Waals surface area contributed by atoms with E-state index in [0.717, 1.165) is 18.3 Å². The Balaban J connectivity index is 1.63. The predicted octanol–water partition coefficient (Wildman–Crippen LogP) is 4.43. The highest BCUT2D eigenvalue weighted by Gasteiger charge is 2.25. The Hall–Kier alpha value is -0.530. The van der Waals surface area contributed by atoms with Crippen LogP contribution in [0.25, 0.3) is 0 Å². The van der Waals surface area contributed by atoms with Gasteiger partial charge in [0.05, 0.1) is 0 Å². The summed E-state index contributed by atoms with van der Waals surface area (Å²) in [4.78, 5) is 11.6. The minimum absolute atomic E-state index is 0.262. The van der Waals surface area contributed by atoms with E-state index in [9.17, 15) is 4.79 Å². The average molecular weight is 265 g/mol. The molecule has 2 aliphatic carbocycles. The molecule has 0 aromatic rings. The van der Waals surface area contributed by atoms with E-state index in [4.69, 9.17) is 0 Å². The Kier molecular flexibility index (Phi) is 6.19. The van der Waals surface area contributed by atoms with E-state index in [2.05, 4.69) is 12.2 Å². The molecule has 2 heteroatoms. The van der Waals surface area contributed by atoms with Gasteiger partial charge in [0.25, 0.3) is 0 Å². The lowest BCUT2D eigenvalue weighted by Crippen LogP contribution is -2.37. The van der Waals surface area contributed by atoms with E-state index < -0.39 is 0 Å². The van der Waals surface area contributed by atoms with Gasteiger partial charge in [-0.1, -0.05) is 39.0 Å². The van der Waals surface area contributed by atoms with Crippen molar-refractivity contribution >= 4 is 5.91 Å². The third kappa shape index (κ3) is 5.16. The predicted molar refractivity (Wildman–Crippen MR) is 80.0 cm³/mol. The third-order valence-corrected chi connectivity index (χ3v) is 5.08. The number of hydrogen-bond donors (Lipinski definition) is 1. The average Bonchev–Trinajstić information content (AvgIpc) is 2.42. The van der Waals surface area contributed by atoms with E-state index >= 15 is 0 Å². The lowest BCUT2D eigenvalue weighted by molar-refractivity contribution is -0.122. The van der Waals surface area contributed by atoms with Crippen molar-refractivity contribution in [3.63, 3.8) is 0 Å². The summed E-state index contributed by atoms with van der Waals surface area (Å²) < 4.78 is 0. The van der Waals surface area contributed by atoms with Crippen molar-refractivity contribution in [3.8, 4) is 0 Å². The van der Waals surface area contributed by atoms with Gasteiger partial charge in [-0.05, 0) is 50.4 Å². The van der Waals surface area contributed by atoms with Crippen LogP contribution in [0.1, 0.15) is 84.0 Å². The SMILES string of the molecule is CCCC(=O)NC1CCC(CC2CCCCC2)CC1. The van der Waals surface area contributed by atoms with Crippen LogP contribution in [0.5, 0.6) is 0 Å². The van der Waals surface area contributed by atoms with Crippen LogP contribution in [0.3, 0.4) is 0 Å². The molecule has 2 saturated carbocycles. The molecule has 0 aromatic heterocycles. The number of rotatable bonds is 5. The molecule has 1 N–H and O–H groups in total. The summed E-state index contributed by atoms with van der Waals surface area (Å²) in [6.45, 7) is 2.07. The molecule has 1 amide bonds. The zero-order valence-corrected chi connectivity index (χ0v) is 12.6. The second kappa shape index (κ2) is 7.91. The van der Waals surface area contributed by atoms with Gasteiger partial charge in [0.2, 0.25) is 5.91 Å². The number of amides is 1. The molecule has 110 valence electrons. The minimum Gasteiger partial charge on any atom is -0.353 e. The highest BCUT2D eigenvalue weighted by atomic mass is 16.1. The van der Waals surface area contributed by atoms with Crippen LogP contribution >= 0.6 is 0 Å². The van der Waals surface area contributed by atoms with Crippen LogP contribution in [0, 0.1) is 11.8 Å². The van der Waals surface area contributed by atoms with Gasteiger partial charge in [-0.2, -0.15) is 0 Å². The van der Waals surface area contributed by atoms with Crippen LogP contribution < -0.4 is 5.32 Å². The van der Waals surface area contributed by atoms with Gasteiger partial charge < -0.3 is 5.32 Å². The smallest absolute Gasteiger partial charge is 0.220 e. The molecule has 0 unspecified atom stereocenters. The Bertz CT molecular complexity index is 262. The maximum atomic E-state index is 11.6. The summed E-state index contributed by atoms with van der Waals surface area (Å²) in [5.74, 6) is 2.23. The van der Waals surface area contributed by atoms with Gasteiger partial charge in [-0.3, -0.25) is 4.79 Å². The summed E-state index contributed by atoms with van der Waals surface area (Å²) in [7, 11) is 0. The van der Waals surface area contributed by atoms with Gasteiger partial charge in [0, 0.05) is 12.5 Å². The molecular formula is C17H31NO. The normalized spacial score (nSPS) is 29.1. The Labute approximate surface area is 118 Å². The molecule has 0 bridgehead atoms. The van der Waals surface area contributed by atoms with Gasteiger partial charge in [-0.15, -0.1) is 0 Å². The highest BCUT2D eigenvalue weighted by molar-refractivity contribution is 5.76. The van der Waals surface area contributed by atoms with Gasteiger partial charge in [0.15, 0.2) is 0 Å². The van der Waals surface area contributed by atoms with Gasteiger partial charge in [0.1, 0.15) is 0 Å². The fraction of sp³-hybridized carbons (Fsp3) is 0.941. The van der Waals surface area contributed by atoms with Crippen molar-refractivity contribution in [1.29, 1.82) is 0 Å². The first-order chi connectivity index (χ1) is 9.28. The van der Waals surface area contributed by atoms with Gasteiger partial charge >= 0.3 is 0 Å². The lowest BCUT2D eigenvalue weighted by Gasteiger charge is -2.32. The summed E-state index contributed by atoms with van der Waals surface area (Å²) in [6.07, 6.45) is 15.6. The summed E-state index contributed by atoms with van der Waals surface area (Å²) >= 11 is 0. The van der Waals surface area contributed by atoms with Crippen LogP contribution in [0.2, 0.25) is 0 Å². The van der Waals surface area contributed by atoms with Crippen molar-refractivity contribution in [2.24, 2.45) is 11.8 Å². The Morgan fingerprint density at radius 1 is 0.947 bits per heavy atom. The minimum atomic E-state index is 0.262. The Morgan fingerprint density at radius 3 is 2.21 bits per heavy atom. The molecule has 2 nitrogen and oxygen atoms in total. The zero-order chi connectivity index (χ0) is 13.5. The first-order valence-corrected chi connectivity index (χ1v) is 8.57. The van der Waals surface area contributed by atoms with E-state index in [1.165, 1.54) is 64.2 Å². The topological polar surface area (TPSA) is 29.1 Å². The highest BCUT2D eigenvalue weighted by Crippen LogP contribution is 2.35. The third-order valence-electron chi connectivity index (χ3n) is 5.08. The maximum absolute atomic E-state index is 11.6. The number of nitrogens with one attached hydrogen (secondary N) is 1. The quantitative estimate of drug-likeness (QED) is 0.782. The molecule has 0 aromatic carbocycles. The number of hydrogen-bond acceptors (Lipinski definition) is 1. The first kappa shape index (κ1) is 14.9. The molecule has 19 heavy (non-hydrogen) atoms. The van der Waals surface area contributed by atoms with Crippen molar-refractivity contribution in [2.45, 2.75) is 90.0 Å². The van der Waals surface area contributed by atoms with E-state index in [1.54, 1.807) is 0 Å². The number of carbonyl (C=O) groups is 1. The molecule has 0 saturated heterocycles. The van der Waals surface area contributed by atoms with Crippen molar-refractivity contribution in [1.82, 2.24) is 5.32 Å². The van der Waals surface area contributed by atoms with Crippen molar-refractivity contribution in [2.75, 3.05) is 0 Å². The Morgan fingerprint density at radius 2 is 1.58 bits per heavy atom. The van der Waals surface area contributed by atoms with E-state index in [1.807, 2.05) is 0 Å². The lowest BCUT2D eigenvalue weighted by atomic mass is 9.76. The molecule has 0 heterocycles. The monoisotopic (exact) mass is 265 g/mol. The number of carbonyl (C=O) groups excluding carboxylic acids is 1. The molecule has 0 radical (unpaired) electrons. The molecule has 2 rings (SSSR count). The van der Waals surface area contributed by atoms with Crippen molar-refractivity contribution in [3.05, 3.63) is 0 Å². The molecule has 0 spiro atoms. The maximum Gasteiger partial charge on any atom is 0.220 e. The molecule has 2 aliphatic rings. The van der Waals surface area contributed by atoms with Crippen LogP contribution in [-0.2, 0) is 4.79 Å². The fourth-order valence-electron chi connectivity index (χ4n) is 3.96. The second-order valence-corrected chi connectivity index (χ2v) is 6.77. The summed E-state index contributed by atoms with van der Waals surface area (Å²) in [5.41, 5.74) is 0. The largest absolute Gasteiger partial charge is 0.353 e. The molecular weight excluding hydrogens is 234 g/mol. The molecule has 0 aliphatic heterocycles. The van der Waals surface area contributed by atoms with Crippen LogP contribution in [0.15, 0.2) is 0 Å². The summed E-state index contributed by atoms with van der Waals surface area (Å²) in [5, 5.41) is 3.21.